The summed E-state index contributed by atoms with van der Waals surface area (Å²) in [5.74, 6) is 1.07. The zero-order valence-electron chi connectivity index (χ0n) is 17.0. The molecule has 7 heteroatoms. The molecule has 3 aromatic rings. The molecule has 0 N–H and O–H groups in total. The quantitative estimate of drug-likeness (QED) is 0.453. The molecule has 1 aliphatic heterocycles. The highest BCUT2D eigenvalue weighted by Crippen LogP contribution is 2.32. The van der Waals surface area contributed by atoms with Crippen LogP contribution in [0.3, 0.4) is 0 Å². The minimum atomic E-state index is 0.00171. The topological polar surface area (TPSA) is 62.5 Å². The lowest BCUT2D eigenvalue weighted by atomic mass is 10.1. The van der Waals surface area contributed by atoms with Crippen LogP contribution in [0.15, 0.2) is 52.3 Å². The van der Waals surface area contributed by atoms with Crippen molar-refractivity contribution >= 4 is 28.6 Å². The molecule has 5 rings (SSSR count). The van der Waals surface area contributed by atoms with Crippen LogP contribution in [-0.2, 0) is 5.75 Å². The molecule has 1 amide bonds. The van der Waals surface area contributed by atoms with E-state index in [-0.39, 0.29) is 5.91 Å². The summed E-state index contributed by atoms with van der Waals surface area (Å²) in [6.07, 6.45) is 8.77. The highest BCUT2D eigenvalue weighted by Gasteiger charge is 2.31. The second-order valence-corrected chi connectivity index (χ2v) is 8.93. The van der Waals surface area contributed by atoms with Gasteiger partial charge in [-0.25, -0.2) is 9.97 Å². The normalized spacial score (nSPS) is 18.3. The number of para-hydroxylation sites is 1. The first-order chi connectivity index (χ1) is 14.8. The summed E-state index contributed by atoms with van der Waals surface area (Å²) >= 11 is 1.53. The zero-order valence-corrected chi connectivity index (χ0v) is 17.8. The van der Waals surface area contributed by atoms with Crippen LogP contribution in [-0.4, -0.2) is 57.9 Å². The molecule has 0 atom stereocenters. The van der Waals surface area contributed by atoms with E-state index in [4.69, 9.17) is 4.42 Å². The van der Waals surface area contributed by atoms with E-state index in [9.17, 15) is 4.79 Å². The van der Waals surface area contributed by atoms with Gasteiger partial charge in [0.1, 0.15) is 5.58 Å². The van der Waals surface area contributed by atoms with Gasteiger partial charge in [0.2, 0.25) is 0 Å². The smallest absolute Gasteiger partial charge is 0.290 e. The minimum absolute atomic E-state index is 0.00171. The maximum absolute atomic E-state index is 13.4. The van der Waals surface area contributed by atoms with Crippen LogP contribution in [0.1, 0.15) is 41.8 Å². The van der Waals surface area contributed by atoms with E-state index in [1.807, 2.05) is 29.2 Å². The second-order valence-electron chi connectivity index (χ2n) is 7.99. The van der Waals surface area contributed by atoms with Crippen LogP contribution in [0, 0.1) is 0 Å². The van der Waals surface area contributed by atoms with Gasteiger partial charge in [0.25, 0.3) is 5.91 Å². The van der Waals surface area contributed by atoms with E-state index >= 15 is 0 Å². The Hall–Kier alpha value is -2.38. The average molecular weight is 423 g/mol. The highest BCUT2D eigenvalue weighted by atomic mass is 32.2. The van der Waals surface area contributed by atoms with Crippen LogP contribution in [0.2, 0.25) is 0 Å². The molecule has 0 bridgehead atoms. The summed E-state index contributed by atoms with van der Waals surface area (Å²) in [5, 5.41) is 1.69. The monoisotopic (exact) mass is 422 g/mol. The molecule has 0 unspecified atom stereocenters. The average Bonchev–Trinajstić information content (AvgIpc) is 3.46. The number of rotatable bonds is 5. The standard InChI is InChI=1S/C23H26N4O2S/c28-22(27-14-12-26(13-15-27)17-6-1-2-7-17)21-19(16-30-23-24-10-5-11-25-23)18-8-3-4-9-20(18)29-21/h3-5,8-11,17H,1-2,6-7,12-16H2. The van der Waals surface area contributed by atoms with Crippen LogP contribution in [0.25, 0.3) is 11.0 Å². The number of furan rings is 1. The molecule has 1 aromatic carbocycles. The number of thioether (sulfide) groups is 1. The van der Waals surface area contributed by atoms with Gasteiger partial charge >= 0.3 is 0 Å². The lowest BCUT2D eigenvalue weighted by Crippen LogP contribution is -2.51. The Balaban J connectivity index is 1.34. The molecule has 3 heterocycles. The van der Waals surface area contributed by atoms with Crippen LogP contribution >= 0.6 is 11.8 Å². The van der Waals surface area contributed by atoms with Gasteiger partial charge in [0.05, 0.1) is 0 Å². The molecule has 2 aromatic heterocycles. The number of hydrogen-bond donors (Lipinski definition) is 0. The van der Waals surface area contributed by atoms with Gasteiger partial charge in [0.15, 0.2) is 10.9 Å². The molecule has 0 spiro atoms. The van der Waals surface area contributed by atoms with Crippen molar-refractivity contribution in [1.82, 2.24) is 19.8 Å². The van der Waals surface area contributed by atoms with E-state index in [2.05, 4.69) is 14.9 Å². The van der Waals surface area contributed by atoms with E-state index in [1.165, 1.54) is 37.4 Å². The number of nitrogens with zero attached hydrogens (tertiary/aromatic N) is 4. The molecule has 0 radical (unpaired) electrons. The first-order valence-corrected chi connectivity index (χ1v) is 11.7. The number of benzene rings is 1. The van der Waals surface area contributed by atoms with E-state index in [0.29, 0.717) is 22.7 Å². The fourth-order valence-electron chi connectivity index (χ4n) is 4.61. The van der Waals surface area contributed by atoms with Crippen molar-refractivity contribution < 1.29 is 9.21 Å². The van der Waals surface area contributed by atoms with Crippen molar-refractivity contribution in [2.24, 2.45) is 0 Å². The van der Waals surface area contributed by atoms with Gasteiger partial charge in [-0.3, -0.25) is 9.69 Å². The fourth-order valence-corrected chi connectivity index (χ4v) is 5.45. The van der Waals surface area contributed by atoms with Gasteiger partial charge in [-0.2, -0.15) is 0 Å². The van der Waals surface area contributed by atoms with Crippen molar-refractivity contribution in [1.29, 1.82) is 0 Å². The van der Waals surface area contributed by atoms with E-state index in [1.54, 1.807) is 18.5 Å². The summed E-state index contributed by atoms with van der Waals surface area (Å²) in [6, 6.07) is 10.4. The number of aromatic nitrogens is 2. The van der Waals surface area contributed by atoms with Gasteiger partial charge in [-0.05, 0) is 25.0 Å². The fraction of sp³-hybridized carbons (Fsp3) is 0.435. The van der Waals surface area contributed by atoms with Crippen molar-refractivity contribution in [3.63, 3.8) is 0 Å². The third-order valence-corrected chi connectivity index (χ3v) is 7.12. The molecule has 1 saturated heterocycles. The number of amides is 1. The molecule has 1 aliphatic carbocycles. The third kappa shape index (κ3) is 3.96. The van der Waals surface area contributed by atoms with Crippen molar-refractivity contribution in [2.45, 2.75) is 42.6 Å². The van der Waals surface area contributed by atoms with Crippen molar-refractivity contribution in [3.8, 4) is 0 Å². The number of hydrogen-bond acceptors (Lipinski definition) is 6. The van der Waals surface area contributed by atoms with E-state index < -0.39 is 0 Å². The number of carbonyl (C=O) groups is 1. The number of piperazine rings is 1. The SMILES string of the molecule is O=C(c1oc2ccccc2c1CSc1ncccn1)N1CCN(C2CCCC2)CC1. The largest absolute Gasteiger partial charge is 0.451 e. The molecule has 2 aliphatic rings. The van der Waals surface area contributed by atoms with Gasteiger partial charge < -0.3 is 9.32 Å². The molecule has 6 nitrogen and oxygen atoms in total. The Kier molecular flexibility index (Phi) is 5.73. The van der Waals surface area contributed by atoms with Crippen molar-refractivity contribution in [3.05, 3.63) is 54.0 Å². The Morgan fingerprint density at radius 3 is 2.53 bits per heavy atom. The Labute approximate surface area is 180 Å². The Morgan fingerprint density at radius 2 is 1.77 bits per heavy atom. The molecular weight excluding hydrogens is 396 g/mol. The van der Waals surface area contributed by atoms with Crippen molar-refractivity contribution in [2.75, 3.05) is 26.2 Å². The van der Waals surface area contributed by atoms with Gasteiger partial charge in [-0.1, -0.05) is 42.8 Å². The third-order valence-electron chi connectivity index (χ3n) is 6.22. The zero-order chi connectivity index (χ0) is 20.3. The predicted octanol–water partition coefficient (Wildman–Crippen LogP) is 4.22. The first-order valence-electron chi connectivity index (χ1n) is 10.7. The molecule has 30 heavy (non-hydrogen) atoms. The maximum Gasteiger partial charge on any atom is 0.290 e. The predicted molar refractivity (Wildman–Crippen MR) is 118 cm³/mol. The summed E-state index contributed by atoms with van der Waals surface area (Å²) in [7, 11) is 0. The molecule has 2 fully saturated rings. The van der Waals surface area contributed by atoms with Crippen LogP contribution in [0.5, 0.6) is 0 Å². The first kappa shape index (κ1) is 19.6. The summed E-state index contributed by atoms with van der Waals surface area (Å²) in [5.41, 5.74) is 1.70. The summed E-state index contributed by atoms with van der Waals surface area (Å²) < 4.78 is 6.07. The molecule has 156 valence electrons. The Morgan fingerprint density at radius 1 is 1.03 bits per heavy atom. The lowest BCUT2D eigenvalue weighted by Gasteiger charge is -2.37. The minimum Gasteiger partial charge on any atom is -0.451 e. The molecular formula is C23H26N4O2S. The lowest BCUT2D eigenvalue weighted by molar-refractivity contribution is 0.0546. The van der Waals surface area contributed by atoms with Gasteiger partial charge in [0, 0.05) is 61.3 Å². The number of carbonyl (C=O) groups excluding carboxylic acids is 1. The molecule has 1 saturated carbocycles. The summed E-state index contributed by atoms with van der Waals surface area (Å²) in [6.45, 7) is 3.44. The van der Waals surface area contributed by atoms with Gasteiger partial charge in [-0.15, -0.1) is 0 Å². The Bertz CT molecular complexity index is 1010. The van der Waals surface area contributed by atoms with Crippen LogP contribution < -0.4 is 0 Å². The summed E-state index contributed by atoms with van der Waals surface area (Å²) in [4.78, 5) is 26.5. The second kappa shape index (κ2) is 8.78. The number of fused-ring (bicyclic) bond motifs is 1. The van der Waals surface area contributed by atoms with E-state index in [0.717, 1.165) is 42.7 Å². The maximum atomic E-state index is 13.4. The van der Waals surface area contributed by atoms with Crippen LogP contribution in [0.4, 0.5) is 0 Å². The highest BCUT2D eigenvalue weighted by molar-refractivity contribution is 7.98.